The first-order chi connectivity index (χ1) is 29.1. The summed E-state index contributed by atoms with van der Waals surface area (Å²) in [5, 5.41) is 11.7. The second-order valence-electron chi connectivity index (χ2n) is 19.3. The van der Waals surface area contributed by atoms with Crippen molar-refractivity contribution in [1.82, 2.24) is 0 Å². The topological polar surface area (TPSA) is 3.24 Å². The van der Waals surface area contributed by atoms with Gasteiger partial charge in [-0.3, -0.25) is 0 Å². The smallest absolute Gasteiger partial charge is 0.246 e. The molecule has 0 N–H and O–H groups in total. The van der Waals surface area contributed by atoms with Crippen molar-refractivity contribution in [2.24, 2.45) is 0 Å². The molecule has 60 heavy (non-hydrogen) atoms. The lowest BCUT2D eigenvalue weighted by atomic mass is 9.34. The zero-order valence-electron chi connectivity index (χ0n) is 35.5. The molecule has 0 saturated heterocycles. The molecule has 0 amide bonds. The minimum absolute atomic E-state index is 0.0397. The van der Waals surface area contributed by atoms with Crippen LogP contribution in [-0.4, -0.2) is 22.9 Å². The quantitative estimate of drug-likeness (QED) is 0.194. The predicted molar refractivity (Wildman–Crippen MR) is 264 cm³/mol. The molecule has 0 unspecified atom stereocenters. The van der Waals surface area contributed by atoms with Gasteiger partial charge in [-0.1, -0.05) is 241 Å². The first-order valence-electron chi connectivity index (χ1n) is 21.6. The number of para-hydroxylation sites is 1. The molecule has 4 heteroatoms. The van der Waals surface area contributed by atoms with Crippen LogP contribution in [0.5, 0.6) is 0 Å². The Morgan fingerprint density at radius 1 is 0.350 bits per heavy atom. The maximum Gasteiger partial charge on any atom is 0.246 e. The lowest BCUT2D eigenvalue weighted by Gasteiger charge is -2.55. The highest BCUT2D eigenvalue weighted by molar-refractivity contribution is 7.25. The van der Waals surface area contributed by atoms with Crippen molar-refractivity contribution in [3.8, 4) is 0 Å². The van der Waals surface area contributed by atoms with Gasteiger partial charge in [0.25, 0.3) is 0 Å². The van der Waals surface area contributed by atoms with E-state index in [4.69, 9.17) is 0 Å². The average molecular weight is 804 g/mol. The molecule has 0 radical (unpaired) electrons. The Hall–Kier alpha value is -5.94. The zero-order chi connectivity index (χ0) is 41.0. The van der Waals surface area contributed by atoms with Crippen molar-refractivity contribution >= 4 is 97.8 Å². The molecule has 8 aromatic rings. The maximum atomic E-state index is 2.81. The van der Waals surface area contributed by atoms with Gasteiger partial charge in [0.2, 0.25) is 6.71 Å². The highest BCUT2D eigenvalue weighted by Gasteiger charge is 2.59. The van der Waals surface area contributed by atoms with Gasteiger partial charge in [-0.15, -0.1) is 0 Å². The van der Waals surface area contributed by atoms with E-state index >= 15 is 0 Å². The van der Waals surface area contributed by atoms with Crippen molar-refractivity contribution in [2.45, 2.75) is 52.4 Å². The highest BCUT2D eigenvalue weighted by Crippen LogP contribution is 2.44. The summed E-state index contributed by atoms with van der Waals surface area (Å²) in [4.78, 5) is 2.81. The molecule has 0 aliphatic carbocycles. The fourth-order valence-electron chi connectivity index (χ4n) is 11.2. The van der Waals surface area contributed by atoms with Gasteiger partial charge in [0, 0.05) is 17.1 Å². The summed E-state index contributed by atoms with van der Waals surface area (Å²) in [6, 6.07) is 76.0. The van der Waals surface area contributed by atoms with Crippen molar-refractivity contribution in [3.05, 3.63) is 205 Å². The van der Waals surface area contributed by atoms with E-state index in [0.717, 1.165) is 0 Å². The number of rotatable bonds is 5. The van der Waals surface area contributed by atoms with Crippen LogP contribution in [0.15, 0.2) is 194 Å². The Labute approximate surface area is 358 Å². The molecule has 0 spiro atoms. The number of nitrogens with zero attached hydrogens (tertiary/aromatic N) is 1. The summed E-state index contributed by atoms with van der Waals surface area (Å²) in [6.07, 6.45) is 0. The van der Waals surface area contributed by atoms with Gasteiger partial charge in [-0.2, -0.15) is 0 Å². The van der Waals surface area contributed by atoms with Gasteiger partial charge in [-0.25, -0.2) is 0 Å². The van der Waals surface area contributed by atoms with Crippen molar-refractivity contribution in [2.75, 3.05) is 4.90 Å². The Balaban J connectivity index is 1.45. The number of hydrogen-bond acceptors (Lipinski definition) is 1. The first kappa shape index (κ1) is 37.1. The van der Waals surface area contributed by atoms with Crippen LogP contribution in [0.25, 0.3) is 0 Å². The minimum atomic E-state index is -3.02. The first-order valence-corrected chi connectivity index (χ1v) is 25.6. The average Bonchev–Trinajstić information content (AvgIpc) is 3.27. The SMILES string of the molecule is CC(C)(C)c1cc2c3c(c1)[Si](c1ccccc1)(c1ccccc1)c1cccc4c1N3c1c(cc(C(C)(C)C)cc1[Si]4(c1ccccc1)c1ccccc1)B2c1ccccc1. The molecule has 0 bridgehead atoms. The van der Waals surface area contributed by atoms with E-state index in [1.165, 1.54) is 86.1 Å². The van der Waals surface area contributed by atoms with E-state index in [-0.39, 0.29) is 17.5 Å². The normalized spacial score (nSPS) is 15.4. The van der Waals surface area contributed by atoms with Crippen LogP contribution in [0.4, 0.5) is 17.1 Å². The lowest BCUT2D eigenvalue weighted by Crippen LogP contribution is -2.84. The van der Waals surface area contributed by atoms with Gasteiger partial charge < -0.3 is 4.90 Å². The van der Waals surface area contributed by atoms with E-state index in [0.29, 0.717) is 0 Å². The van der Waals surface area contributed by atoms with Gasteiger partial charge in [0.15, 0.2) is 16.1 Å². The number of benzene rings is 8. The van der Waals surface area contributed by atoms with Gasteiger partial charge >= 0.3 is 0 Å². The Morgan fingerprint density at radius 3 is 1.02 bits per heavy atom. The molecular weight excluding hydrogens is 754 g/mol. The second kappa shape index (κ2) is 13.3. The van der Waals surface area contributed by atoms with E-state index in [9.17, 15) is 0 Å². The Kier molecular flexibility index (Phi) is 8.21. The van der Waals surface area contributed by atoms with Gasteiger partial charge in [0.05, 0.1) is 0 Å². The van der Waals surface area contributed by atoms with Crippen LogP contribution in [-0.2, 0) is 10.8 Å². The summed E-state index contributed by atoms with van der Waals surface area (Å²) in [5.74, 6) is 0. The van der Waals surface area contributed by atoms with E-state index < -0.39 is 16.1 Å². The summed E-state index contributed by atoms with van der Waals surface area (Å²) in [7, 11) is -6.04. The molecule has 0 saturated carbocycles. The lowest BCUT2D eigenvalue weighted by molar-refractivity contribution is 0.591. The van der Waals surface area contributed by atoms with Crippen LogP contribution < -0.4 is 62.8 Å². The van der Waals surface area contributed by atoms with Crippen LogP contribution in [0, 0.1) is 0 Å². The summed E-state index contributed by atoms with van der Waals surface area (Å²) >= 11 is 0. The third kappa shape index (κ3) is 5.04. The monoisotopic (exact) mass is 803 g/mol. The maximum absolute atomic E-state index is 3.02. The summed E-state index contributed by atoms with van der Waals surface area (Å²) in [5.41, 5.74) is 11.0. The fraction of sp³-hybridized carbons (Fsp3) is 0.143. The van der Waals surface area contributed by atoms with Crippen molar-refractivity contribution in [1.29, 1.82) is 0 Å². The Morgan fingerprint density at radius 2 is 0.683 bits per heavy atom. The molecular formula is C56H50BNSi2. The van der Waals surface area contributed by atoms with Gasteiger partial charge in [-0.05, 0) is 74.4 Å². The third-order valence-electron chi connectivity index (χ3n) is 13.9. The molecule has 0 aromatic heterocycles. The molecule has 3 aliphatic heterocycles. The molecule has 3 heterocycles. The third-order valence-corrected chi connectivity index (χ3v) is 23.5. The zero-order valence-corrected chi connectivity index (χ0v) is 37.5. The molecule has 11 rings (SSSR count). The molecule has 1 nitrogen and oxygen atoms in total. The van der Waals surface area contributed by atoms with Crippen molar-refractivity contribution in [3.63, 3.8) is 0 Å². The number of hydrogen-bond donors (Lipinski definition) is 0. The predicted octanol–water partition coefficient (Wildman–Crippen LogP) is 5.96. The Bertz CT molecular complexity index is 2680. The molecule has 0 atom stereocenters. The summed E-state index contributed by atoms with van der Waals surface area (Å²) in [6.45, 7) is 14.4. The van der Waals surface area contributed by atoms with E-state index in [1.807, 2.05) is 0 Å². The van der Waals surface area contributed by atoms with Crippen LogP contribution in [0.3, 0.4) is 0 Å². The van der Waals surface area contributed by atoms with E-state index in [2.05, 4.69) is 241 Å². The highest BCUT2D eigenvalue weighted by atomic mass is 28.3. The summed E-state index contributed by atoms with van der Waals surface area (Å²) < 4.78 is 0. The standard InChI is InChI=1S/C56H50BNSi2/c1-55(2,3)39-35-46-52-50(37-39)59(42-25-14-8-15-26-42,43-27-16-9-17-28-43)48-33-22-34-49-54(48)58(52)53-47(57(46)41-23-12-7-13-24-41)36-40(56(4,5)6)38-51(53)60(49,44-29-18-10-19-30-44)45-31-20-11-21-32-45/h7-38H,1-6H3. The number of anilines is 3. The second-order valence-corrected chi connectivity index (χ2v) is 26.7. The molecule has 8 aromatic carbocycles. The fourth-order valence-corrected chi connectivity index (χ4v) is 21.7. The molecule has 0 fully saturated rings. The molecule has 290 valence electrons. The van der Waals surface area contributed by atoms with Crippen molar-refractivity contribution < 1.29 is 0 Å². The van der Waals surface area contributed by atoms with E-state index in [1.54, 1.807) is 0 Å². The van der Waals surface area contributed by atoms with Crippen LogP contribution >= 0.6 is 0 Å². The minimum Gasteiger partial charge on any atom is -0.312 e. The van der Waals surface area contributed by atoms with Crippen LogP contribution in [0.1, 0.15) is 52.7 Å². The van der Waals surface area contributed by atoms with Gasteiger partial charge in [0.1, 0.15) is 0 Å². The largest absolute Gasteiger partial charge is 0.312 e. The molecule has 3 aliphatic rings. The van der Waals surface area contributed by atoms with Crippen LogP contribution in [0.2, 0.25) is 0 Å².